The van der Waals surface area contributed by atoms with Gasteiger partial charge in [-0.1, -0.05) is 24.3 Å². The normalized spacial score (nSPS) is 17.1. The van der Waals surface area contributed by atoms with Crippen LogP contribution in [-0.2, 0) is 6.54 Å². The lowest BCUT2D eigenvalue weighted by molar-refractivity contribution is 0.0666. The number of hydrogen-bond donors (Lipinski definition) is 0. The molecule has 0 unspecified atom stereocenters. The highest BCUT2D eigenvalue weighted by Gasteiger charge is 2.33. The topological polar surface area (TPSA) is 25.2 Å². The molecule has 0 aliphatic carbocycles. The van der Waals surface area contributed by atoms with Crippen molar-refractivity contribution in [2.75, 3.05) is 6.54 Å². The molecule has 1 amide bonds. The maximum atomic E-state index is 13.2. The molecule has 0 radical (unpaired) electrons. The molecule has 3 nitrogen and oxygen atoms in total. The number of aromatic nitrogens is 1. The summed E-state index contributed by atoms with van der Waals surface area (Å²) in [6, 6.07) is 16.2. The van der Waals surface area contributed by atoms with Crippen LogP contribution in [0.15, 0.2) is 60.1 Å². The highest BCUT2D eigenvalue weighted by Crippen LogP contribution is 2.35. The van der Waals surface area contributed by atoms with Crippen molar-refractivity contribution in [2.24, 2.45) is 0 Å². The van der Waals surface area contributed by atoms with Gasteiger partial charge in [0.15, 0.2) is 0 Å². The highest BCUT2D eigenvalue weighted by molar-refractivity contribution is 7.10. The van der Waals surface area contributed by atoms with Crippen molar-refractivity contribution in [3.63, 3.8) is 0 Å². The van der Waals surface area contributed by atoms with Crippen molar-refractivity contribution in [1.82, 2.24) is 9.47 Å². The summed E-state index contributed by atoms with van der Waals surface area (Å²) >= 11 is 1.71. The molecule has 3 heterocycles. The number of aryl methyl sites for hydroxylation is 1. The standard InChI is InChI=1S/C19H18N2OS/c1-14-6-2-3-7-15(14)19(22)21-12-11-20-10-4-8-16(20)18(21)17-9-5-13-23-17/h2-10,13,18H,11-12H2,1H3/t18-/m1/s1. The summed E-state index contributed by atoms with van der Waals surface area (Å²) in [5, 5.41) is 2.08. The largest absolute Gasteiger partial charge is 0.347 e. The van der Waals surface area contributed by atoms with E-state index in [1.165, 1.54) is 10.6 Å². The fourth-order valence-electron chi connectivity index (χ4n) is 3.32. The van der Waals surface area contributed by atoms with E-state index in [0.29, 0.717) is 0 Å². The number of thiophene rings is 1. The van der Waals surface area contributed by atoms with Crippen molar-refractivity contribution in [3.05, 3.63) is 81.8 Å². The first kappa shape index (κ1) is 14.3. The fraction of sp³-hybridized carbons (Fsp3) is 0.211. The third-order valence-electron chi connectivity index (χ3n) is 4.49. The minimum Gasteiger partial charge on any atom is -0.347 e. The molecule has 3 aromatic rings. The van der Waals surface area contributed by atoms with Crippen LogP contribution in [0, 0.1) is 6.92 Å². The Morgan fingerprint density at radius 3 is 2.74 bits per heavy atom. The summed E-state index contributed by atoms with van der Waals surface area (Å²) in [6.07, 6.45) is 2.10. The van der Waals surface area contributed by atoms with E-state index in [2.05, 4.69) is 40.4 Å². The molecule has 0 saturated carbocycles. The highest BCUT2D eigenvalue weighted by atomic mass is 32.1. The Morgan fingerprint density at radius 2 is 1.96 bits per heavy atom. The molecule has 4 heteroatoms. The predicted octanol–water partition coefficient (Wildman–Crippen LogP) is 4.10. The van der Waals surface area contributed by atoms with Gasteiger partial charge in [0.05, 0.1) is 0 Å². The van der Waals surface area contributed by atoms with Crippen molar-refractivity contribution in [3.8, 4) is 0 Å². The summed E-state index contributed by atoms with van der Waals surface area (Å²) < 4.78 is 2.26. The Labute approximate surface area is 139 Å². The van der Waals surface area contributed by atoms with Gasteiger partial charge in [0.1, 0.15) is 6.04 Å². The van der Waals surface area contributed by atoms with E-state index >= 15 is 0 Å². The number of amides is 1. The van der Waals surface area contributed by atoms with Gasteiger partial charge in [-0.05, 0) is 42.1 Å². The monoisotopic (exact) mass is 322 g/mol. The van der Waals surface area contributed by atoms with Crippen LogP contribution in [0.3, 0.4) is 0 Å². The third-order valence-corrected chi connectivity index (χ3v) is 5.41. The Bertz CT molecular complexity index is 835. The van der Waals surface area contributed by atoms with Crippen molar-refractivity contribution < 1.29 is 4.79 Å². The number of carbonyl (C=O) groups excluding carboxylic acids is 1. The molecule has 1 aromatic carbocycles. The van der Waals surface area contributed by atoms with Crippen LogP contribution in [0.2, 0.25) is 0 Å². The van der Waals surface area contributed by atoms with Crippen molar-refractivity contribution in [1.29, 1.82) is 0 Å². The van der Waals surface area contributed by atoms with E-state index in [4.69, 9.17) is 0 Å². The second kappa shape index (κ2) is 5.70. The average molecular weight is 322 g/mol. The number of nitrogens with zero attached hydrogens (tertiary/aromatic N) is 2. The lowest BCUT2D eigenvalue weighted by Crippen LogP contribution is -2.42. The van der Waals surface area contributed by atoms with Crippen LogP contribution in [0.1, 0.15) is 32.5 Å². The summed E-state index contributed by atoms with van der Waals surface area (Å²) in [5.74, 6) is 0.119. The van der Waals surface area contributed by atoms with E-state index in [0.717, 1.165) is 24.2 Å². The summed E-state index contributed by atoms with van der Waals surface area (Å²) in [7, 11) is 0. The summed E-state index contributed by atoms with van der Waals surface area (Å²) in [6.45, 7) is 3.58. The van der Waals surface area contributed by atoms with E-state index in [-0.39, 0.29) is 11.9 Å². The number of fused-ring (bicyclic) bond motifs is 1. The number of carbonyl (C=O) groups is 1. The molecule has 1 aliphatic rings. The molecule has 0 fully saturated rings. The maximum absolute atomic E-state index is 13.2. The van der Waals surface area contributed by atoms with Gasteiger partial charge in [0, 0.05) is 35.4 Å². The van der Waals surface area contributed by atoms with Gasteiger partial charge in [-0.15, -0.1) is 11.3 Å². The molecule has 0 saturated heterocycles. The van der Waals surface area contributed by atoms with Crippen molar-refractivity contribution >= 4 is 17.2 Å². The zero-order valence-electron chi connectivity index (χ0n) is 13.0. The van der Waals surface area contributed by atoms with Gasteiger partial charge in [-0.2, -0.15) is 0 Å². The van der Waals surface area contributed by atoms with Gasteiger partial charge in [0.25, 0.3) is 5.91 Å². The first-order chi connectivity index (χ1) is 11.3. The zero-order valence-corrected chi connectivity index (χ0v) is 13.8. The molecule has 1 atom stereocenters. The summed E-state index contributed by atoms with van der Waals surface area (Å²) in [4.78, 5) is 16.4. The molecule has 4 rings (SSSR count). The number of rotatable bonds is 2. The molecule has 1 aliphatic heterocycles. The van der Waals surface area contributed by atoms with Gasteiger partial charge in [-0.25, -0.2) is 0 Å². The minimum absolute atomic E-state index is 0.00542. The third kappa shape index (κ3) is 2.39. The average Bonchev–Trinajstić information content (AvgIpc) is 3.25. The van der Waals surface area contributed by atoms with E-state index in [1.807, 2.05) is 36.1 Å². The van der Waals surface area contributed by atoms with Gasteiger partial charge < -0.3 is 9.47 Å². The molecule has 23 heavy (non-hydrogen) atoms. The lowest BCUT2D eigenvalue weighted by atomic mass is 10.0. The quantitative estimate of drug-likeness (QED) is 0.697. The Balaban J connectivity index is 1.78. The van der Waals surface area contributed by atoms with E-state index in [9.17, 15) is 4.79 Å². The van der Waals surface area contributed by atoms with Gasteiger partial charge >= 0.3 is 0 Å². The zero-order chi connectivity index (χ0) is 15.8. The van der Waals surface area contributed by atoms with Crippen LogP contribution in [0.25, 0.3) is 0 Å². The number of hydrogen-bond acceptors (Lipinski definition) is 2. The van der Waals surface area contributed by atoms with E-state index in [1.54, 1.807) is 11.3 Å². The molecule has 0 N–H and O–H groups in total. The summed E-state index contributed by atoms with van der Waals surface area (Å²) in [5.41, 5.74) is 3.03. The smallest absolute Gasteiger partial charge is 0.255 e. The van der Waals surface area contributed by atoms with Crippen molar-refractivity contribution in [2.45, 2.75) is 19.5 Å². The van der Waals surface area contributed by atoms with E-state index < -0.39 is 0 Å². The molecule has 116 valence electrons. The predicted molar refractivity (Wildman–Crippen MR) is 92.8 cm³/mol. The minimum atomic E-state index is 0.00542. The molecular weight excluding hydrogens is 304 g/mol. The first-order valence-electron chi connectivity index (χ1n) is 7.81. The van der Waals surface area contributed by atoms with Crippen LogP contribution >= 0.6 is 11.3 Å². The van der Waals surface area contributed by atoms with Crippen LogP contribution in [0.4, 0.5) is 0 Å². The second-order valence-corrected chi connectivity index (χ2v) is 6.84. The van der Waals surface area contributed by atoms with Crippen LogP contribution in [-0.4, -0.2) is 21.9 Å². The molecule has 2 aromatic heterocycles. The first-order valence-corrected chi connectivity index (χ1v) is 8.69. The Kier molecular flexibility index (Phi) is 3.54. The molecule has 0 bridgehead atoms. The lowest BCUT2D eigenvalue weighted by Gasteiger charge is -2.37. The van der Waals surface area contributed by atoms with Gasteiger partial charge in [0.2, 0.25) is 0 Å². The van der Waals surface area contributed by atoms with Crippen LogP contribution < -0.4 is 0 Å². The Morgan fingerprint density at radius 1 is 1.09 bits per heavy atom. The van der Waals surface area contributed by atoms with Crippen LogP contribution in [0.5, 0.6) is 0 Å². The molecular formula is C19H18N2OS. The fourth-order valence-corrected chi connectivity index (χ4v) is 4.16. The van der Waals surface area contributed by atoms with Gasteiger partial charge in [-0.3, -0.25) is 4.79 Å². The Hall–Kier alpha value is -2.33. The SMILES string of the molecule is Cc1ccccc1C(=O)N1CCn2cccc2[C@@H]1c1cccs1. The molecule has 0 spiro atoms. The second-order valence-electron chi connectivity index (χ2n) is 5.86. The maximum Gasteiger partial charge on any atom is 0.255 e. The number of benzene rings is 1.